The maximum atomic E-state index is 13.1. The number of benzene rings is 1. The average Bonchev–Trinajstić information content (AvgIpc) is 2.44. The molecule has 1 aromatic rings. The van der Waals surface area contributed by atoms with Crippen LogP contribution in [0.15, 0.2) is 18.2 Å². The summed E-state index contributed by atoms with van der Waals surface area (Å²) in [5.41, 5.74) is 6.02. The number of morpholine rings is 1. The van der Waals surface area contributed by atoms with Gasteiger partial charge in [0.25, 0.3) is 0 Å². The van der Waals surface area contributed by atoms with E-state index in [4.69, 9.17) is 10.5 Å². The molecule has 3 N–H and O–H groups in total. The summed E-state index contributed by atoms with van der Waals surface area (Å²) in [7, 11) is 0. The van der Waals surface area contributed by atoms with Crippen molar-refractivity contribution in [1.82, 2.24) is 4.90 Å². The number of rotatable bonds is 4. The molecule has 0 aliphatic carbocycles. The van der Waals surface area contributed by atoms with E-state index in [1.54, 1.807) is 0 Å². The summed E-state index contributed by atoms with van der Waals surface area (Å²) < 4.78 is 18.6. The molecule has 1 amide bonds. The molecule has 1 heterocycles. The zero-order chi connectivity index (χ0) is 15.4. The molecular formula is C15H22FN3O2. The molecule has 2 atom stereocenters. The number of ether oxygens (including phenoxy) is 1. The number of halogens is 1. The van der Waals surface area contributed by atoms with Crippen molar-refractivity contribution in [2.75, 3.05) is 30.7 Å². The smallest absolute Gasteiger partial charge is 0.225 e. The van der Waals surface area contributed by atoms with Crippen molar-refractivity contribution in [3.8, 4) is 0 Å². The Kier molecular flexibility index (Phi) is 5.14. The van der Waals surface area contributed by atoms with E-state index in [0.29, 0.717) is 31.3 Å². The van der Waals surface area contributed by atoms with E-state index >= 15 is 0 Å². The second kappa shape index (κ2) is 6.87. The van der Waals surface area contributed by atoms with Gasteiger partial charge in [-0.2, -0.15) is 0 Å². The minimum atomic E-state index is -0.482. The Morgan fingerprint density at radius 2 is 2.29 bits per heavy atom. The van der Waals surface area contributed by atoms with Gasteiger partial charge in [-0.05, 0) is 32.0 Å². The van der Waals surface area contributed by atoms with Gasteiger partial charge in [-0.3, -0.25) is 9.69 Å². The van der Waals surface area contributed by atoms with Gasteiger partial charge in [0.15, 0.2) is 0 Å². The van der Waals surface area contributed by atoms with Gasteiger partial charge in [-0.1, -0.05) is 0 Å². The molecule has 0 spiro atoms. The molecule has 0 radical (unpaired) electrons. The largest absolute Gasteiger partial charge is 0.396 e. The van der Waals surface area contributed by atoms with E-state index in [1.165, 1.54) is 18.2 Å². The number of hydrogen-bond donors (Lipinski definition) is 2. The molecular weight excluding hydrogens is 273 g/mol. The molecule has 2 rings (SSSR count). The van der Waals surface area contributed by atoms with Crippen molar-refractivity contribution >= 4 is 17.3 Å². The fourth-order valence-electron chi connectivity index (χ4n) is 2.37. The normalized spacial score (nSPS) is 23.0. The number of nitrogens with zero attached hydrogens (tertiary/aromatic N) is 1. The first kappa shape index (κ1) is 15.7. The van der Waals surface area contributed by atoms with Crippen LogP contribution in [-0.2, 0) is 9.53 Å². The van der Waals surface area contributed by atoms with Gasteiger partial charge in [0.2, 0.25) is 5.91 Å². The molecule has 1 aliphatic rings. The summed E-state index contributed by atoms with van der Waals surface area (Å²) >= 11 is 0. The standard InChI is InChI=1S/C15H22FN3O2/c1-10-9-21-11(2)8-19(10)6-5-15(20)18-12-3-4-13(16)14(17)7-12/h3-4,7,10-11H,5-6,8-9,17H2,1-2H3,(H,18,20). The third kappa shape index (κ3) is 4.41. The van der Waals surface area contributed by atoms with Crippen molar-refractivity contribution in [3.05, 3.63) is 24.0 Å². The van der Waals surface area contributed by atoms with Crippen molar-refractivity contribution in [1.29, 1.82) is 0 Å². The van der Waals surface area contributed by atoms with Crippen LogP contribution in [0.2, 0.25) is 0 Å². The van der Waals surface area contributed by atoms with Crippen LogP contribution in [0.1, 0.15) is 20.3 Å². The molecule has 1 aromatic carbocycles. The van der Waals surface area contributed by atoms with Gasteiger partial charge in [0.05, 0.1) is 18.4 Å². The number of nitrogen functional groups attached to an aromatic ring is 1. The highest BCUT2D eigenvalue weighted by atomic mass is 19.1. The topological polar surface area (TPSA) is 67.6 Å². The second-order valence-electron chi connectivity index (χ2n) is 5.52. The molecule has 0 aromatic heterocycles. The van der Waals surface area contributed by atoms with E-state index in [-0.39, 0.29) is 17.7 Å². The third-order valence-corrected chi connectivity index (χ3v) is 3.64. The molecule has 116 valence electrons. The Labute approximate surface area is 124 Å². The summed E-state index contributed by atoms with van der Waals surface area (Å²) in [6, 6.07) is 4.49. The van der Waals surface area contributed by atoms with Crippen LogP contribution in [0.5, 0.6) is 0 Å². The third-order valence-electron chi connectivity index (χ3n) is 3.64. The Balaban J connectivity index is 1.82. The lowest BCUT2D eigenvalue weighted by molar-refractivity contribution is -0.117. The Bertz CT molecular complexity index is 510. The lowest BCUT2D eigenvalue weighted by Crippen LogP contribution is -2.48. The second-order valence-corrected chi connectivity index (χ2v) is 5.52. The fraction of sp³-hybridized carbons (Fsp3) is 0.533. The molecule has 1 fully saturated rings. The minimum absolute atomic E-state index is 0.0310. The highest BCUT2D eigenvalue weighted by Gasteiger charge is 2.23. The van der Waals surface area contributed by atoms with Crippen LogP contribution >= 0.6 is 0 Å². The first-order valence-electron chi connectivity index (χ1n) is 7.16. The SMILES string of the molecule is CC1CN(CCC(=O)Nc2ccc(F)c(N)c2)C(C)CO1. The first-order valence-corrected chi connectivity index (χ1v) is 7.16. The van der Waals surface area contributed by atoms with E-state index < -0.39 is 5.82 Å². The summed E-state index contributed by atoms with van der Waals surface area (Å²) in [6.07, 6.45) is 0.579. The van der Waals surface area contributed by atoms with Crippen molar-refractivity contribution in [2.45, 2.75) is 32.4 Å². The number of nitrogens with two attached hydrogens (primary N) is 1. The summed E-state index contributed by atoms with van der Waals surface area (Å²) in [5.74, 6) is -0.587. The zero-order valence-corrected chi connectivity index (χ0v) is 12.4. The fourth-order valence-corrected chi connectivity index (χ4v) is 2.37. The summed E-state index contributed by atoms with van der Waals surface area (Å²) in [4.78, 5) is 14.2. The quantitative estimate of drug-likeness (QED) is 0.832. The van der Waals surface area contributed by atoms with Gasteiger partial charge >= 0.3 is 0 Å². The molecule has 0 bridgehead atoms. The lowest BCUT2D eigenvalue weighted by atomic mass is 10.2. The number of nitrogens with one attached hydrogen (secondary N) is 1. The monoisotopic (exact) mass is 295 g/mol. The Morgan fingerprint density at radius 1 is 1.52 bits per heavy atom. The van der Waals surface area contributed by atoms with Gasteiger partial charge in [-0.25, -0.2) is 4.39 Å². The maximum absolute atomic E-state index is 13.1. The van der Waals surface area contributed by atoms with Crippen LogP contribution < -0.4 is 11.1 Å². The molecule has 5 nitrogen and oxygen atoms in total. The lowest BCUT2D eigenvalue weighted by Gasteiger charge is -2.36. The predicted octanol–water partition coefficient (Wildman–Crippen LogP) is 1.85. The zero-order valence-electron chi connectivity index (χ0n) is 12.4. The Morgan fingerprint density at radius 3 is 3.00 bits per heavy atom. The van der Waals surface area contributed by atoms with Crippen LogP contribution in [0, 0.1) is 5.82 Å². The first-order chi connectivity index (χ1) is 9.95. The van der Waals surface area contributed by atoms with Crippen molar-refractivity contribution in [3.63, 3.8) is 0 Å². The number of amides is 1. The van der Waals surface area contributed by atoms with E-state index in [2.05, 4.69) is 17.1 Å². The number of carbonyl (C=O) groups is 1. The number of anilines is 2. The molecule has 1 saturated heterocycles. The molecule has 0 saturated carbocycles. The van der Waals surface area contributed by atoms with Gasteiger partial charge in [0.1, 0.15) is 5.82 Å². The van der Waals surface area contributed by atoms with Crippen LogP contribution in [-0.4, -0.2) is 42.6 Å². The van der Waals surface area contributed by atoms with Gasteiger partial charge < -0.3 is 15.8 Å². The highest BCUT2D eigenvalue weighted by molar-refractivity contribution is 5.91. The van der Waals surface area contributed by atoms with E-state index in [9.17, 15) is 9.18 Å². The number of hydrogen-bond acceptors (Lipinski definition) is 4. The van der Waals surface area contributed by atoms with Gasteiger partial charge in [0, 0.05) is 31.2 Å². The summed E-state index contributed by atoms with van der Waals surface area (Å²) in [5, 5.41) is 2.73. The summed E-state index contributed by atoms with van der Waals surface area (Å²) in [6.45, 7) is 6.32. The highest BCUT2D eigenvalue weighted by Crippen LogP contribution is 2.17. The molecule has 2 unspecified atom stereocenters. The average molecular weight is 295 g/mol. The van der Waals surface area contributed by atoms with Crippen molar-refractivity contribution in [2.24, 2.45) is 0 Å². The van der Waals surface area contributed by atoms with E-state index in [1.807, 2.05) is 6.92 Å². The van der Waals surface area contributed by atoms with Gasteiger partial charge in [-0.15, -0.1) is 0 Å². The molecule has 1 aliphatic heterocycles. The van der Waals surface area contributed by atoms with Crippen molar-refractivity contribution < 1.29 is 13.9 Å². The Hall–Kier alpha value is -1.66. The van der Waals surface area contributed by atoms with Crippen LogP contribution in [0.25, 0.3) is 0 Å². The molecule has 21 heavy (non-hydrogen) atoms. The molecule has 6 heteroatoms. The minimum Gasteiger partial charge on any atom is -0.396 e. The van der Waals surface area contributed by atoms with E-state index in [0.717, 1.165) is 6.54 Å². The predicted molar refractivity (Wildman–Crippen MR) is 80.5 cm³/mol. The number of carbonyl (C=O) groups excluding carboxylic acids is 1. The maximum Gasteiger partial charge on any atom is 0.225 e. The van der Waals surface area contributed by atoms with Crippen LogP contribution in [0.4, 0.5) is 15.8 Å². The van der Waals surface area contributed by atoms with Crippen LogP contribution in [0.3, 0.4) is 0 Å².